The van der Waals surface area contributed by atoms with Crippen LogP contribution in [-0.2, 0) is 4.79 Å². The van der Waals surface area contributed by atoms with Gasteiger partial charge in [-0.05, 0) is 51.1 Å². The van der Waals surface area contributed by atoms with Gasteiger partial charge in [-0.2, -0.15) is 0 Å². The van der Waals surface area contributed by atoms with E-state index < -0.39 is 18.3 Å². The standard InChI is InChI=1S/C18H34FN7O/c1-10-12(3-2-5-22-10)13-4-6-21-8-14(13)24-18(27)15-16(20)25-26-9-11(19)7-23-17(15)26/h10-17,21-23,25H,2-9,20H2,1H3,(H,24,27). The van der Waals surface area contributed by atoms with Gasteiger partial charge in [0.05, 0.1) is 18.2 Å². The summed E-state index contributed by atoms with van der Waals surface area (Å²) in [6.07, 6.45) is 1.78. The van der Waals surface area contributed by atoms with Crippen LogP contribution in [0.25, 0.3) is 0 Å². The van der Waals surface area contributed by atoms with Crippen molar-refractivity contribution < 1.29 is 9.18 Å². The zero-order chi connectivity index (χ0) is 19.0. The largest absolute Gasteiger partial charge is 0.351 e. The molecule has 0 aliphatic carbocycles. The summed E-state index contributed by atoms with van der Waals surface area (Å²) in [5, 5.41) is 15.2. The summed E-state index contributed by atoms with van der Waals surface area (Å²) in [7, 11) is 0. The number of halogens is 1. The Morgan fingerprint density at radius 2 is 2.04 bits per heavy atom. The molecule has 0 aromatic carbocycles. The lowest BCUT2D eigenvalue weighted by atomic mass is 9.74. The molecule has 0 radical (unpaired) electrons. The number of piperidine rings is 2. The molecule has 8 nitrogen and oxygen atoms in total. The Morgan fingerprint density at radius 1 is 1.19 bits per heavy atom. The summed E-state index contributed by atoms with van der Waals surface area (Å²) in [5.74, 6) is 0.580. The van der Waals surface area contributed by atoms with Crippen LogP contribution >= 0.6 is 0 Å². The van der Waals surface area contributed by atoms with Crippen LogP contribution in [-0.4, -0.2) is 74.2 Å². The number of carbonyl (C=O) groups excluding carboxylic acids is 1. The van der Waals surface area contributed by atoms with Crippen LogP contribution in [0.2, 0.25) is 0 Å². The average Bonchev–Trinajstić information content (AvgIpc) is 2.97. The van der Waals surface area contributed by atoms with Gasteiger partial charge in [0.25, 0.3) is 0 Å². The van der Waals surface area contributed by atoms with Gasteiger partial charge in [0.2, 0.25) is 5.91 Å². The van der Waals surface area contributed by atoms with Gasteiger partial charge >= 0.3 is 0 Å². The lowest BCUT2D eigenvalue weighted by molar-refractivity contribution is -0.128. The Balaban J connectivity index is 1.42. The second-order valence-corrected chi connectivity index (χ2v) is 8.60. The molecule has 1 amide bonds. The van der Waals surface area contributed by atoms with E-state index in [-0.39, 0.29) is 31.2 Å². The van der Waals surface area contributed by atoms with Crippen LogP contribution in [0.15, 0.2) is 0 Å². The molecule has 0 saturated carbocycles. The van der Waals surface area contributed by atoms with Crippen molar-refractivity contribution in [2.75, 3.05) is 32.7 Å². The first-order chi connectivity index (χ1) is 13.0. The molecule has 9 heteroatoms. The molecule has 0 bridgehead atoms. The molecule has 8 atom stereocenters. The van der Waals surface area contributed by atoms with E-state index in [9.17, 15) is 9.18 Å². The highest BCUT2D eigenvalue weighted by atomic mass is 19.1. The summed E-state index contributed by atoms with van der Waals surface area (Å²) in [6.45, 7) is 5.66. The van der Waals surface area contributed by atoms with Crippen LogP contribution in [0.5, 0.6) is 0 Å². The third-order valence-corrected chi connectivity index (χ3v) is 6.86. The van der Waals surface area contributed by atoms with Gasteiger partial charge in [-0.15, -0.1) is 0 Å². The number of fused-ring (bicyclic) bond motifs is 1. The lowest BCUT2D eigenvalue weighted by Gasteiger charge is -2.43. The molecule has 4 fully saturated rings. The van der Waals surface area contributed by atoms with Crippen molar-refractivity contribution in [3.05, 3.63) is 0 Å². The molecule has 0 aromatic heterocycles. The first-order valence-electron chi connectivity index (χ1n) is 10.4. The van der Waals surface area contributed by atoms with Crippen molar-refractivity contribution in [1.82, 2.24) is 31.7 Å². The highest BCUT2D eigenvalue weighted by Gasteiger charge is 2.48. The quantitative estimate of drug-likeness (QED) is 0.351. The summed E-state index contributed by atoms with van der Waals surface area (Å²) in [5.41, 5.74) is 9.25. The van der Waals surface area contributed by atoms with E-state index in [0.717, 1.165) is 26.1 Å². The van der Waals surface area contributed by atoms with Gasteiger partial charge in [0.1, 0.15) is 6.17 Å². The number of rotatable bonds is 3. The predicted molar refractivity (Wildman–Crippen MR) is 101 cm³/mol. The highest BCUT2D eigenvalue weighted by Crippen LogP contribution is 2.31. The number of nitrogens with two attached hydrogens (primary N) is 1. The van der Waals surface area contributed by atoms with E-state index in [0.29, 0.717) is 17.9 Å². The predicted octanol–water partition coefficient (Wildman–Crippen LogP) is -1.54. The molecule has 4 rings (SSSR count). The van der Waals surface area contributed by atoms with E-state index in [2.05, 4.69) is 33.6 Å². The zero-order valence-electron chi connectivity index (χ0n) is 16.1. The van der Waals surface area contributed by atoms with Gasteiger partial charge < -0.3 is 21.7 Å². The number of carbonyl (C=O) groups is 1. The van der Waals surface area contributed by atoms with Gasteiger partial charge in [-0.25, -0.2) is 14.8 Å². The summed E-state index contributed by atoms with van der Waals surface area (Å²) < 4.78 is 13.6. The van der Waals surface area contributed by atoms with E-state index in [1.807, 2.05) is 0 Å². The third kappa shape index (κ3) is 3.99. The minimum Gasteiger partial charge on any atom is -0.351 e. The Labute approximate surface area is 160 Å². The zero-order valence-corrected chi connectivity index (χ0v) is 16.1. The average molecular weight is 384 g/mol. The number of hydrazine groups is 1. The van der Waals surface area contributed by atoms with Crippen LogP contribution in [0.4, 0.5) is 4.39 Å². The Kier molecular flexibility index (Phi) is 5.96. The van der Waals surface area contributed by atoms with Gasteiger partial charge in [0, 0.05) is 31.7 Å². The molecule has 27 heavy (non-hydrogen) atoms. The smallest absolute Gasteiger partial charge is 0.229 e. The Bertz CT molecular complexity index is 538. The fourth-order valence-corrected chi connectivity index (χ4v) is 5.46. The minimum absolute atomic E-state index is 0.0394. The van der Waals surface area contributed by atoms with Crippen molar-refractivity contribution in [3.63, 3.8) is 0 Å². The first kappa shape index (κ1) is 19.5. The van der Waals surface area contributed by atoms with Crippen LogP contribution in [0, 0.1) is 17.8 Å². The highest BCUT2D eigenvalue weighted by molar-refractivity contribution is 5.80. The van der Waals surface area contributed by atoms with Crippen LogP contribution in [0.3, 0.4) is 0 Å². The monoisotopic (exact) mass is 383 g/mol. The molecular weight excluding hydrogens is 349 g/mol. The molecule has 4 aliphatic rings. The van der Waals surface area contributed by atoms with Crippen molar-refractivity contribution in [2.45, 2.75) is 56.8 Å². The maximum atomic E-state index is 13.6. The number of nitrogens with zero attached hydrogens (tertiary/aromatic N) is 1. The number of alkyl halides is 1. The van der Waals surface area contributed by atoms with E-state index >= 15 is 0 Å². The Morgan fingerprint density at radius 3 is 2.85 bits per heavy atom. The fraction of sp³-hybridized carbons (Fsp3) is 0.944. The molecule has 4 aliphatic heterocycles. The summed E-state index contributed by atoms with van der Waals surface area (Å²) in [6, 6.07) is 0.589. The SMILES string of the molecule is CC1NCCCC1C1CCNCC1NC(=O)C1C(N)NN2CC(F)CNC12. The van der Waals surface area contributed by atoms with Crippen molar-refractivity contribution in [3.8, 4) is 0 Å². The van der Waals surface area contributed by atoms with E-state index in [4.69, 9.17) is 5.73 Å². The molecule has 4 saturated heterocycles. The second kappa shape index (κ2) is 8.26. The topological polar surface area (TPSA) is 106 Å². The number of amides is 1. The van der Waals surface area contributed by atoms with E-state index in [1.165, 1.54) is 12.8 Å². The van der Waals surface area contributed by atoms with Gasteiger partial charge in [-0.1, -0.05) is 0 Å². The maximum absolute atomic E-state index is 13.6. The van der Waals surface area contributed by atoms with E-state index in [1.54, 1.807) is 5.01 Å². The molecule has 0 spiro atoms. The normalized spacial score (nSPS) is 46.0. The third-order valence-electron chi connectivity index (χ3n) is 6.86. The summed E-state index contributed by atoms with van der Waals surface area (Å²) in [4.78, 5) is 13.1. The fourth-order valence-electron chi connectivity index (χ4n) is 5.46. The molecule has 0 aromatic rings. The first-order valence-corrected chi connectivity index (χ1v) is 10.4. The van der Waals surface area contributed by atoms with Crippen LogP contribution in [0.1, 0.15) is 26.2 Å². The minimum atomic E-state index is -0.949. The lowest BCUT2D eigenvalue weighted by Crippen LogP contribution is -2.61. The van der Waals surface area contributed by atoms with Crippen molar-refractivity contribution in [2.24, 2.45) is 23.5 Å². The van der Waals surface area contributed by atoms with Crippen molar-refractivity contribution >= 4 is 5.91 Å². The molecular formula is C18H34FN7O. The van der Waals surface area contributed by atoms with Gasteiger partial charge in [-0.3, -0.25) is 10.1 Å². The second-order valence-electron chi connectivity index (χ2n) is 8.60. The van der Waals surface area contributed by atoms with Gasteiger partial charge in [0.15, 0.2) is 0 Å². The number of hydrogen-bond acceptors (Lipinski definition) is 7. The summed E-state index contributed by atoms with van der Waals surface area (Å²) >= 11 is 0. The molecule has 154 valence electrons. The molecule has 8 unspecified atom stereocenters. The molecule has 7 N–H and O–H groups in total. The van der Waals surface area contributed by atoms with Crippen molar-refractivity contribution in [1.29, 1.82) is 0 Å². The van der Waals surface area contributed by atoms with Crippen LogP contribution < -0.4 is 32.4 Å². The molecule has 4 heterocycles. The Hall–Kier alpha value is -0.840. The number of hydrogen-bond donors (Lipinski definition) is 6. The maximum Gasteiger partial charge on any atom is 0.229 e. The number of nitrogens with one attached hydrogen (secondary N) is 5.